The van der Waals surface area contributed by atoms with E-state index in [0.29, 0.717) is 23.3 Å². The van der Waals surface area contributed by atoms with Gasteiger partial charge in [-0.25, -0.2) is 0 Å². The number of rotatable bonds is 10. The Morgan fingerprint density at radius 3 is 1.74 bits per heavy atom. The van der Waals surface area contributed by atoms with E-state index in [1.54, 1.807) is 19.1 Å². The van der Waals surface area contributed by atoms with Crippen molar-refractivity contribution in [3.8, 4) is 11.5 Å². The van der Waals surface area contributed by atoms with Gasteiger partial charge < -0.3 is 59.8 Å². The van der Waals surface area contributed by atoms with Crippen LogP contribution in [0.4, 0.5) is 0 Å². The maximum atomic E-state index is 10.5. The van der Waals surface area contributed by atoms with E-state index in [1.165, 1.54) is 0 Å². The average Bonchev–Trinajstić information content (AvgIpc) is 2.90. The predicted octanol–water partition coefficient (Wildman–Crippen LogP) is -0.798. The van der Waals surface area contributed by atoms with Crippen molar-refractivity contribution in [1.82, 2.24) is 0 Å². The molecule has 1 aromatic carbocycles. The van der Waals surface area contributed by atoms with Crippen molar-refractivity contribution >= 4 is 0 Å². The molecule has 12 heteroatoms. The fourth-order valence-corrected chi connectivity index (χ4v) is 4.65. The summed E-state index contributed by atoms with van der Waals surface area (Å²) in [5, 5.41) is 80.4. The monoisotopic (exact) mass is 558 g/mol. The summed E-state index contributed by atoms with van der Waals surface area (Å²) in [6.45, 7) is 6.45. The third-order valence-electron chi connectivity index (χ3n) is 7.17. The molecule has 0 radical (unpaired) electrons. The number of aliphatic hydroxyl groups is 8. The largest absolute Gasteiger partial charge is 0.462 e. The second kappa shape index (κ2) is 13.7. The first-order valence-electron chi connectivity index (χ1n) is 13.1. The molecule has 11 unspecified atom stereocenters. The molecule has 2 fully saturated rings. The van der Waals surface area contributed by atoms with Crippen LogP contribution in [0.15, 0.2) is 23.8 Å². The number of hydrogen-bond acceptors (Lipinski definition) is 12. The van der Waals surface area contributed by atoms with Crippen LogP contribution in [0.5, 0.6) is 11.5 Å². The number of hydrogen-bond donors (Lipinski definition) is 8. The molecular weight excluding hydrogens is 516 g/mol. The maximum absolute atomic E-state index is 10.5. The van der Waals surface area contributed by atoms with Crippen LogP contribution in [0.25, 0.3) is 0 Å². The smallest absolute Gasteiger partial charge is 0.229 e. The topological polar surface area (TPSA) is 199 Å². The fraction of sp³-hybridized carbons (Fsp3) is 0.704. The molecule has 222 valence electrons. The first kappa shape index (κ1) is 31.7. The van der Waals surface area contributed by atoms with Crippen LogP contribution in [-0.4, -0.2) is 115 Å². The zero-order valence-corrected chi connectivity index (χ0v) is 22.6. The van der Waals surface area contributed by atoms with Gasteiger partial charge in [-0.1, -0.05) is 18.6 Å². The molecule has 2 aliphatic heterocycles. The van der Waals surface area contributed by atoms with Gasteiger partial charge in [0.05, 0.1) is 13.2 Å². The van der Waals surface area contributed by atoms with Crippen molar-refractivity contribution in [2.75, 3.05) is 13.2 Å². The Morgan fingerprint density at radius 2 is 1.28 bits per heavy atom. The van der Waals surface area contributed by atoms with Crippen LogP contribution in [0.2, 0.25) is 0 Å². The average molecular weight is 559 g/mol. The third kappa shape index (κ3) is 7.27. The van der Waals surface area contributed by atoms with Crippen molar-refractivity contribution in [2.24, 2.45) is 0 Å². The van der Waals surface area contributed by atoms with Crippen molar-refractivity contribution < 1.29 is 59.8 Å². The Labute approximate surface area is 227 Å². The molecule has 0 amide bonds. The van der Waals surface area contributed by atoms with Gasteiger partial charge >= 0.3 is 0 Å². The van der Waals surface area contributed by atoms with E-state index < -0.39 is 74.6 Å². The number of benzene rings is 1. The molecule has 39 heavy (non-hydrogen) atoms. The van der Waals surface area contributed by atoms with E-state index in [-0.39, 0.29) is 11.7 Å². The van der Waals surface area contributed by atoms with Gasteiger partial charge in [0.2, 0.25) is 12.6 Å². The minimum absolute atomic E-state index is 0.113. The lowest BCUT2D eigenvalue weighted by Crippen LogP contribution is -2.60. The van der Waals surface area contributed by atoms with E-state index in [1.807, 2.05) is 20.8 Å². The van der Waals surface area contributed by atoms with Gasteiger partial charge in [-0.2, -0.15) is 0 Å². The van der Waals surface area contributed by atoms with Crippen molar-refractivity contribution in [3.05, 3.63) is 34.9 Å². The first-order valence-corrected chi connectivity index (χ1v) is 13.1. The summed E-state index contributed by atoms with van der Waals surface area (Å²) in [5.41, 5.74) is 2.32. The van der Waals surface area contributed by atoms with E-state index in [9.17, 15) is 40.9 Å². The van der Waals surface area contributed by atoms with E-state index in [4.69, 9.17) is 18.9 Å². The Balaban J connectivity index is 1.93. The summed E-state index contributed by atoms with van der Waals surface area (Å²) in [6.07, 6.45) is -10.9. The molecule has 0 bridgehead atoms. The minimum atomic E-state index is -1.60. The van der Waals surface area contributed by atoms with Crippen molar-refractivity contribution in [3.63, 3.8) is 0 Å². The van der Waals surface area contributed by atoms with E-state index in [0.717, 1.165) is 12.0 Å². The molecule has 3 rings (SSSR count). The van der Waals surface area contributed by atoms with Crippen LogP contribution in [-0.2, 0) is 9.47 Å². The molecule has 2 saturated heterocycles. The third-order valence-corrected chi connectivity index (χ3v) is 7.17. The predicted molar refractivity (Wildman–Crippen MR) is 137 cm³/mol. The summed E-state index contributed by atoms with van der Waals surface area (Å²) in [6, 6.07) is 3.29. The summed E-state index contributed by atoms with van der Waals surface area (Å²) < 4.78 is 22.9. The lowest BCUT2D eigenvalue weighted by molar-refractivity contribution is -0.278. The summed E-state index contributed by atoms with van der Waals surface area (Å²) >= 11 is 0. The van der Waals surface area contributed by atoms with Gasteiger partial charge in [-0.3, -0.25) is 0 Å². The lowest BCUT2D eigenvalue weighted by atomic mass is 9.93. The SMILES string of the molecule is CC(C)=CCCC(C)c1cc(OC2OC(CO)C(O)C(O)C2O)c(C)cc1OC1OC(CO)C(O)C(O)C1O. The quantitative estimate of drug-likeness (QED) is 0.167. The Kier molecular flexibility index (Phi) is 11.1. The van der Waals surface area contributed by atoms with Crippen molar-refractivity contribution in [2.45, 2.75) is 108 Å². The Bertz CT molecular complexity index is 962. The van der Waals surface area contributed by atoms with Crippen LogP contribution in [0.1, 0.15) is 50.7 Å². The summed E-state index contributed by atoms with van der Waals surface area (Å²) in [7, 11) is 0. The molecule has 0 spiro atoms. The highest BCUT2D eigenvalue weighted by atomic mass is 16.7. The number of aliphatic hydroxyl groups excluding tert-OH is 8. The van der Waals surface area contributed by atoms with E-state index in [2.05, 4.69) is 6.08 Å². The van der Waals surface area contributed by atoms with Crippen LogP contribution < -0.4 is 9.47 Å². The highest BCUT2D eigenvalue weighted by Crippen LogP contribution is 2.38. The Morgan fingerprint density at radius 1 is 0.795 bits per heavy atom. The molecule has 12 nitrogen and oxygen atoms in total. The fourth-order valence-electron chi connectivity index (χ4n) is 4.65. The second-order valence-corrected chi connectivity index (χ2v) is 10.5. The maximum Gasteiger partial charge on any atom is 0.229 e. The molecule has 0 aliphatic carbocycles. The minimum Gasteiger partial charge on any atom is -0.462 e. The van der Waals surface area contributed by atoms with Crippen LogP contribution >= 0.6 is 0 Å². The van der Waals surface area contributed by atoms with Crippen molar-refractivity contribution in [1.29, 1.82) is 0 Å². The molecule has 2 heterocycles. The second-order valence-electron chi connectivity index (χ2n) is 10.5. The lowest BCUT2D eigenvalue weighted by Gasteiger charge is -2.40. The van der Waals surface area contributed by atoms with Gasteiger partial charge in [0.15, 0.2) is 0 Å². The van der Waals surface area contributed by atoms with E-state index >= 15 is 0 Å². The molecule has 1 aromatic rings. The summed E-state index contributed by atoms with van der Waals surface area (Å²) in [4.78, 5) is 0. The summed E-state index contributed by atoms with van der Waals surface area (Å²) in [5.74, 6) is 0.477. The molecule has 0 aromatic heterocycles. The standard InChI is InChI=1S/C27H42O12/c1-12(2)6-5-7-13(3)15-9-16(36-26-24(34)22(32)20(30)18(10-28)38-26)14(4)8-17(15)37-27-25(35)23(33)21(31)19(11-29)39-27/h6,8-9,13,18-35H,5,7,10-11H2,1-4H3. The van der Waals surface area contributed by atoms with Gasteiger partial charge in [0.25, 0.3) is 0 Å². The highest BCUT2D eigenvalue weighted by Gasteiger charge is 2.46. The zero-order chi connectivity index (χ0) is 29.0. The van der Waals surface area contributed by atoms with Gasteiger partial charge in [-0.05, 0) is 57.2 Å². The molecular formula is C27H42O12. The Hall–Kier alpha value is -1.84. The number of allylic oxidation sites excluding steroid dienone is 2. The molecule has 0 saturated carbocycles. The first-order chi connectivity index (χ1) is 18.4. The van der Waals surface area contributed by atoms with Gasteiger partial charge in [0, 0.05) is 5.56 Å². The van der Waals surface area contributed by atoms with Gasteiger partial charge in [0.1, 0.15) is 60.3 Å². The van der Waals surface area contributed by atoms with Gasteiger partial charge in [-0.15, -0.1) is 0 Å². The normalized spacial score (nSPS) is 35.8. The highest BCUT2D eigenvalue weighted by molar-refractivity contribution is 5.47. The molecule has 2 aliphatic rings. The molecule has 8 N–H and O–H groups in total. The number of ether oxygens (including phenoxy) is 4. The number of aryl methyl sites for hydroxylation is 1. The van der Waals surface area contributed by atoms with Crippen LogP contribution in [0.3, 0.4) is 0 Å². The molecule has 11 atom stereocenters. The zero-order valence-electron chi connectivity index (χ0n) is 22.6. The van der Waals surface area contributed by atoms with Crippen LogP contribution in [0, 0.1) is 6.92 Å².